The van der Waals surface area contributed by atoms with Gasteiger partial charge in [0.25, 0.3) is 0 Å². The lowest BCUT2D eigenvalue weighted by atomic mass is 9.97. The van der Waals surface area contributed by atoms with Crippen LogP contribution in [-0.4, -0.2) is 38.5 Å². The van der Waals surface area contributed by atoms with Gasteiger partial charge in [0.2, 0.25) is 0 Å². The van der Waals surface area contributed by atoms with Gasteiger partial charge in [-0.2, -0.15) is 5.26 Å². The second-order valence-corrected chi connectivity index (χ2v) is 5.73. The first-order valence-corrected chi connectivity index (χ1v) is 7.40. The maximum Gasteiger partial charge on any atom is 0.414 e. The number of ether oxygens (including phenoxy) is 2. The normalized spacial score (nSPS) is 21.3. The molecular formula is C16H17N3O4. The summed E-state index contributed by atoms with van der Waals surface area (Å²) >= 11 is 0. The van der Waals surface area contributed by atoms with Crippen LogP contribution in [0.2, 0.25) is 0 Å². The Balaban J connectivity index is 1.64. The molecule has 7 heteroatoms. The number of rotatable bonds is 4. The minimum Gasteiger partial charge on any atom is -0.453 e. The predicted octanol–water partition coefficient (Wildman–Crippen LogP) is 1.92. The van der Waals surface area contributed by atoms with Crippen molar-refractivity contribution in [3.63, 3.8) is 0 Å². The van der Waals surface area contributed by atoms with E-state index in [0.29, 0.717) is 12.2 Å². The molecule has 1 saturated heterocycles. The van der Waals surface area contributed by atoms with Gasteiger partial charge in [0.15, 0.2) is 0 Å². The van der Waals surface area contributed by atoms with Crippen molar-refractivity contribution < 1.29 is 19.1 Å². The van der Waals surface area contributed by atoms with E-state index in [2.05, 4.69) is 16.1 Å². The number of amides is 2. The number of hydrogen-bond acceptors (Lipinski definition) is 5. The third-order valence-electron chi connectivity index (χ3n) is 4.23. The van der Waals surface area contributed by atoms with E-state index in [1.807, 2.05) is 24.3 Å². The maximum absolute atomic E-state index is 12.0. The highest BCUT2D eigenvalue weighted by Crippen LogP contribution is 2.47. The van der Waals surface area contributed by atoms with E-state index in [1.165, 1.54) is 12.0 Å². The monoisotopic (exact) mass is 315 g/mol. The zero-order valence-electron chi connectivity index (χ0n) is 12.7. The van der Waals surface area contributed by atoms with Gasteiger partial charge in [-0.05, 0) is 30.5 Å². The van der Waals surface area contributed by atoms with Crippen LogP contribution in [0.1, 0.15) is 18.4 Å². The molecule has 2 amide bonds. The molecule has 1 N–H and O–H groups in total. The molecule has 7 nitrogen and oxygen atoms in total. The van der Waals surface area contributed by atoms with Gasteiger partial charge in [-0.1, -0.05) is 12.1 Å². The minimum absolute atomic E-state index is 0.199. The zero-order valence-corrected chi connectivity index (χ0v) is 12.7. The van der Waals surface area contributed by atoms with Crippen LogP contribution in [0.4, 0.5) is 15.3 Å². The fourth-order valence-electron chi connectivity index (χ4n) is 2.66. The summed E-state index contributed by atoms with van der Waals surface area (Å²) < 4.78 is 9.70. The van der Waals surface area contributed by atoms with Crippen LogP contribution in [0, 0.1) is 11.3 Å². The van der Waals surface area contributed by atoms with Crippen LogP contribution in [0.25, 0.3) is 0 Å². The highest BCUT2D eigenvalue weighted by Gasteiger charge is 2.44. The molecule has 1 aromatic carbocycles. The molecule has 1 aliphatic heterocycles. The molecule has 23 heavy (non-hydrogen) atoms. The summed E-state index contributed by atoms with van der Waals surface area (Å²) in [6.45, 7) is 0.552. The van der Waals surface area contributed by atoms with Crippen molar-refractivity contribution >= 4 is 17.9 Å². The van der Waals surface area contributed by atoms with Crippen LogP contribution >= 0.6 is 0 Å². The molecule has 1 aromatic rings. The molecule has 3 rings (SSSR count). The van der Waals surface area contributed by atoms with E-state index >= 15 is 0 Å². The van der Waals surface area contributed by atoms with Gasteiger partial charge in [0.05, 0.1) is 31.7 Å². The molecule has 0 unspecified atom stereocenters. The van der Waals surface area contributed by atoms with Gasteiger partial charge in [-0.3, -0.25) is 4.90 Å². The molecule has 0 aromatic heterocycles. The molecule has 1 aliphatic carbocycles. The summed E-state index contributed by atoms with van der Waals surface area (Å²) in [6.07, 6.45) is 0.340. The highest BCUT2D eigenvalue weighted by molar-refractivity contribution is 5.89. The lowest BCUT2D eigenvalue weighted by Gasteiger charge is -2.14. The van der Waals surface area contributed by atoms with Crippen molar-refractivity contribution in [3.05, 3.63) is 29.8 Å². The quantitative estimate of drug-likeness (QED) is 0.916. The van der Waals surface area contributed by atoms with E-state index in [9.17, 15) is 14.9 Å². The fourth-order valence-corrected chi connectivity index (χ4v) is 2.66. The van der Waals surface area contributed by atoms with Gasteiger partial charge in [-0.25, -0.2) is 9.59 Å². The van der Waals surface area contributed by atoms with Crippen molar-refractivity contribution in [2.45, 2.75) is 24.4 Å². The number of carbonyl (C=O) groups excluding carboxylic acids is 2. The number of nitrogens with zero attached hydrogens (tertiary/aromatic N) is 2. The summed E-state index contributed by atoms with van der Waals surface area (Å²) in [7, 11) is 1.28. The van der Waals surface area contributed by atoms with Gasteiger partial charge in [0.1, 0.15) is 6.10 Å². The summed E-state index contributed by atoms with van der Waals surface area (Å²) in [5, 5.41) is 11.7. The van der Waals surface area contributed by atoms with Crippen LogP contribution in [0.3, 0.4) is 0 Å². The molecule has 120 valence electrons. The van der Waals surface area contributed by atoms with E-state index in [1.54, 1.807) is 0 Å². The third-order valence-corrected chi connectivity index (χ3v) is 4.23. The zero-order chi connectivity index (χ0) is 16.4. The maximum atomic E-state index is 12.0. The van der Waals surface area contributed by atoms with Crippen LogP contribution in [0.15, 0.2) is 24.3 Å². The number of benzene rings is 1. The molecule has 0 bridgehead atoms. The smallest absolute Gasteiger partial charge is 0.414 e. The average molecular weight is 315 g/mol. The average Bonchev–Trinajstić information content (AvgIpc) is 3.30. The van der Waals surface area contributed by atoms with Crippen LogP contribution in [0.5, 0.6) is 0 Å². The van der Waals surface area contributed by atoms with Crippen LogP contribution in [-0.2, 0) is 14.9 Å². The van der Waals surface area contributed by atoms with E-state index < -0.39 is 18.3 Å². The summed E-state index contributed by atoms with van der Waals surface area (Å²) in [4.78, 5) is 24.5. The lowest BCUT2D eigenvalue weighted by Crippen LogP contribution is -2.34. The first-order chi connectivity index (χ1) is 11.1. The molecule has 1 heterocycles. The summed E-state index contributed by atoms with van der Waals surface area (Å²) in [6, 6.07) is 9.77. The second-order valence-electron chi connectivity index (χ2n) is 5.73. The first-order valence-electron chi connectivity index (χ1n) is 7.40. The van der Waals surface area contributed by atoms with Crippen molar-refractivity contribution in [1.82, 2.24) is 5.32 Å². The largest absolute Gasteiger partial charge is 0.453 e. The molecule has 2 fully saturated rings. The van der Waals surface area contributed by atoms with Crippen LogP contribution < -0.4 is 10.2 Å². The second kappa shape index (κ2) is 5.80. The summed E-state index contributed by atoms with van der Waals surface area (Å²) in [5.74, 6) is 0. The Kier molecular flexibility index (Phi) is 3.82. The number of cyclic esters (lactones) is 1. The highest BCUT2D eigenvalue weighted by atomic mass is 16.6. The Bertz CT molecular complexity index is 661. The van der Waals surface area contributed by atoms with Gasteiger partial charge in [-0.15, -0.1) is 0 Å². The van der Waals surface area contributed by atoms with Gasteiger partial charge in [0, 0.05) is 5.69 Å². The Morgan fingerprint density at radius 3 is 2.74 bits per heavy atom. The molecular weight excluding hydrogens is 298 g/mol. The predicted molar refractivity (Wildman–Crippen MR) is 81.0 cm³/mol. The Morgan fingerprint density at radius 1 is 1.48 bits per heavy atom. The van der Waals surface area contributed by atoms with Gasteiger partial charge < -0.3 is 14.8 Å². The first kappa shape index (κ1) is 15.2. The lowest BCUT2D eigenvalue weighted by molar-refractivity contribution is 0.132. The number of anilines is 1. The number of nitriles is 1. The topological polar surface area (TPSA) is 91.7 Å². The number of nitrogens with one attached hydrogen (secondary N) is 1. The molecule has 2 aliphatic rings. The standard InChI is InChI=1S/C16H17N3O4/c1-22-14(20)18-8-13-9-19(15(21)23-13)12-4-2-11(3-5-12)16(10-17)6-7-16/h2-5,13H,6-9H2,1H3,(H,18,20)/t13-/m0/s1. The molecule has 1 atom stereocenters. The van der Waals surface area contributed by atoms with Crippen molar-refractivity contribution in [3.8, 4) is 6.07 Å². The molecule has 0 radical (unpaired) electrons. The molecule has 1 saturated carbocycles. The Hall–Kier alpha value is -2.75. The number of hydrogen-bond donors (Lipinski definition) is 1. The van der Waals surface area contributed by atoms with Crippen molar-refractivity contribution in [2.24, 2.45) is 0 Å². The van der Waals surface area contributed by atoms with Gasteiger partial charge >= 0.3 is 12.2 Å². The summed E-state index contributed by atoms with van der Waals surface area (Å²) in [5.41, 5.74) is 1.37. The SMILES string of the molecule is COC(=O)NC[C@H]1CN(c2ccc(C3(C#N)CC3)cc2)C(=O)O1. The van der Waals surface area contributed by atoms with E-state index in [0.717, 1.165) is 18.4 Å². The van der Waals surface area contributed by atoms with E-state index in [-0.39, 0.29) is 12.0 Å². The van der Waals surface area contributed by atoms with Crippen molar-refractivity contribution in [1.29, 1.82) is 5.26 Å². The number of carbonyl (C=O) groups is 2. The Morgan fingerprint density at radius 2 is 2.17 bits per heavy atom. The minimum atomic E-state index is -0.560. The fraction of sp³-hybridized carbons (Fsp3) is 0.438. The molecule has 0 spiro atoms. The number of alkyl carbamates (subject to hydrolysis) is 1. The van der Waals surface area contributed by atoms with E-state index in [4.69, 9.17) is 4.74 Å². The van der Waals surface area contributed by atoms with Crippen molar-refractivity contribution in [2.75, 3.05) is 25.1 Å². The Labute approximate surface area is 133 Å². The third kappa shape index (κ3) is 2.93. The number of methoxy groups -OCH3 is 1.